The number of pyridine rings is 1. The van der Waals surface area contributed by atoms with E-state index >= 15 is 0 Å². The van der Waals surface area contributed by atoms with Crippen molar-refractivity contribution in [2.75, 3.05) is 5.32 Å². The second-order valence-electron chi connectivity index (χ2n) is 3.21. The molecule has 0 unspecified atom stereocenters. The summed E-state index contributed by atoms with van der Waals surface area (Å²) in [5.41, 5.74) is 2.31. The zero-order valence-corrected chi connectivity index (χ0v) is 8.14. The van der Waals surface area contributed by atoms with Gasteiger partial charge >= 0.3 is 0 Å². The Bertz CT molecular complexity index is 392. The van der Waals surface area contributed by atoms with E-state index in [0.29, 0.717) is 0 Å². The molecule has 14 heavy (non-hydrogen) atoms. The zero-order chi connectivity index (χ0) is 9.80. The van der Waals surface area contributed by atoms with Crippen LogP contribution in [0.2, 0.25) is 0 Å². The summed E-state index contributed by atoms with van der Waals surface area (Å²) in [5.74, 6) is 0. The molecule has 1 N–H and O–H groups in total. The van der Waals surface area contributed by atoms with Crippen LogP contribution in [0.4, 0.5) is 5.69 Å². The molecule has 0 fully saturated rings. The van der Waals surface area contributed by atoms with E-state index in [9.17, 15) is 0 Å². The zero-order valence-electron chi connectivity index (χ0n) is 8.14. The quantitative estimate of drug-likeness (QED) is 0.796. The molecule has 0 saturated heterocycles. The van der Waals surface area contributed by atoms with Gasteiger partial charge in [0.25, 0.3) is 0 Å². The Labute approximate surface area is 83.4 Å². The maximum atomic E-state index is 4.04. The van der Waals surface area contributed by atoms with E-state index in [1.807, 2.05) is 37.6 Å². The summed E-state index contributed by atoms with van der Waals surface area (Å²) in [5, 5.41) is 3.30. The van der Waals surface area contributed by atoms with Crippen LogP contribution in [0.5, 0.6) is 0 Å². The minimum Gasteiger partial charge on any atom is -0.378 e. The van der Waals surface area contributed by atoms with Gasteiger partial charge in [-0.3, -0.25) is 4.98 Å². The van der Waals surface area contributed by atoms with Crippen LogP contribution in [0.15, 0.2) is 42.9 Å². The summed E-state index contributed by atoms with van der Waals surface area (Å²) in [6, 6.07) is 8.08. The molecular weight excluding hydrogens is 174 g/mol. The summed E-state index contributed by atoms with van der Waals surface area (Å²) in [7, 11) is 2.04. The molecule has 0 bridgehead atoms. The van der Waals surface area contributed by atoms with Crippen molar-refractivity contribution in [1.29, 1.82) is 0 Å². The largest absolute Gasteiger partial charge is 0.378 e. The molecule has 0 spiro atoms. The van der Waals surface area contributed by atoms with Gasteiger partial charge in [0.2, 0.25) is 0 Å². The van der Waals surface area contributed by atoms with Gasteiger partial charge in [-0.25, -0.2) is 0 Å². The first-order valence-corrected chi connectivity index (χ1v) is 4.60. The van der Waals surface area contributed by atoms with E-state index in [-0.39, 0.29) is 0 Å². The molecule has 0 aliphatic carbocycles. The van der Waals surface area contributed by atoms with Crippen LogP contribution in [0, 0.1) is 0 Å². The van der Waals surface area contributed by atoms with Gasteiger partial charge < -0.3 is 9.88 Å². The second kappa shape index (κ2) is 3.96. The number of hydrogen-bond donors (Lipinski definition) is 1. The van der Waals surface area contributed by atoms with Gasteiger partial charge in [0.1, 0.15) is 0 Å². The van der Waals surface area contributed by atoms with E-state index < -0.39 is 0 Å². The minimum atomic E-state index is 0.829. The summed E-state index contributed by atoms with van der Waals surface area (Å²) >= 11 is 0. The highest BCUT2D eigenvalue weighted by Crippen LogP contribution is 2.06. The number of aromatic nitrogens is 2. The van der Waals surface area contributed by atoms with Crippen LogP contribution in [0.25, 0.3) is 0 Å². The van der Waals surface area contributed by atoms with E-state index in [4.69, 9.17) is 0 Å². The molecule has 0 aromatic carbocycles. The lowest BCUT2D eigenvalue weighted by Crippen LogP contribution is -2.03. The highest BCUT2D eigenvalue weighted by atomic mass is 15.0. The average molecular weight is 187 g/mol. The maximum Gasteiger partial charge on any atom is 0.0553 e. The van der Waals surface area contributed by atoms with Gasteiger partial charge in [0.15, 0.2) is 0 Å². The molecule has 2 aromatic rings. The van der Waals surface area contributed by atoms with Gasteiger partial charge in [-0.1, -0.05) is 0 Å². The Morgan fingerprint density at radius 3 is 2.93 bits per heavy atom. The summed E-state index contributed by atoms with van der Waals surface area (Å²) < 4.78 is 2.10. The Morgan fingerprint density at radius 2 is 2.29 bits per heavy atom. The number of aryl methyl sites for hydroxylation is 1. The Balaban J connectivity index is 1.99. The normalized spacial score (nSPS) is 10.1. The van der Waals surface area contributed by atoms with E-state index in [1.54, 1.807) is 6.20 Å². The number of rotatable bonds is 3. The molecule has 2 heterocycles. The molecule has 3 nitrogen and oxygen atoms in total. The molecule has 0 saturated carbocycles. The fourth-order valence-electron chi connectivity index (χ4n) is 1.34. The first-order valence-electron chi connectivity index (χ1n) is 4.60. The van der Waals surface area contributed by atoms with Gasteiger partial charge in [-0.05, 0) is 24.3 Å². The van der Waals surface area contributed by atoms with Crippen LogP contribution in [0.3, 0.4) is 0 Å². The Kier molecular flexibility index (Phi) is 2.49. The lowest BCUT2D eigenvalue weighted by molar-refractivity contribution is 0.842. The summed E-state index contributed by atoms with van der Waals surface area (Å²) in [6.45, 7) is 0.829. The van der Waals surface area contributed by atoms with Crippen molar-refractivity contribution in [3.05, 3.63) is 48.5 Å². The van der Waals surface area contributed by atoms with Crippen molar-refractivity contribution in [2.45, 2.75) is 6.54 Å². The van der Waals surface area contributed by atoms with Crippen molar-refractivity contribution >= 4 is 5.69 Å². The van der Waals surface area contributed by atoms with Gasteiger partial charge in [-0.2, -0.15) is 0 Å². The predicted octanol–water partition coefficient (Wildman–Crippen LogP) is 2.03. The molecule has 3 heteroatoms. The third-order valence-electron chi connectivity index (χ3n) is 2.19. The molecule has 2 rings (SSSR count). The summed E-state index contributed by atoms with van der Waals surface area (Å²) in [4.78, 5) is 4.04. The van der Waals surface area contributed by atoms with Crippen molar-refractivity contribution < 1.29 is 0 Å². The first-order chi connectivity index (χ1) is 6.86. The fourth-order valence-corrected chi connectivity index (χ4v) is 1.34. The number of nitrogens with one attached hydrogen (secondary N) is 1. The third kappa shape index (κ3) is 1.93. The molecule has 0 radical (unpaired) electrons. The topological polar surface area (TPSA) is 29.9 Å². The molecule has 0 aliphatic heterocycles. The first kappa shape index (κ1) is 8.81. The lowest BCUT2D eigenvalue weighted by atomic mass is 10.4. The van der Waals surface area contributed by atoms with Crippen molar-refractivity contribution in [1.82, 2.24) is 9.55 Å². The van der Waals surface area contributed by atoms with Crippen LogP contribution >= 0.6 is 0 Å². The van der Waals surface area contributed by atoms with E-state index in [2.05, 4.69) is 20.9 Å². The molecule has 0 amide bonds. The van der Waals surface area contributed by atoms with Gasteiger partial charge in [-0.15, -0.1) is 0 Å². The average Bonchev–Trinajstić information content (AvgIpc) is 2.63. The Hall–Kier alpha value is -1.77. The smallest absolute Gasteiger partial charge is 0.0553 e. The van der Waals surface area contributed by atoms with Crippen LogP contribution in [-0.4, -0.2) is 9.55 Å². The fraction of sp³-hybridized carbons (Fsp3) is 0.182. The SMILES string of the molecule is Cn1cccc1CNc1cccnc1. The lowest BCUT2D eigenvalue weighted by Gasteiger charge is -2.06. The van der Waals surface area contributed by atoms with Crippen LogP contribution in [0.1, 0.15) is 5.69 Å². The Morgan fingerprint density at radius 1 is 1.36 bits per heavy atom. The molecular formula is C11H13N3. The molecule has 0 atom stereocenters. The highest BCUT2D eigenvalue weighted by Gasteiger charge is 1.96. The number of anilines is 1. The monoisotopic (exact) mass is 187 g/mol. The predicted molar refractivity (Wildman–Crippen MR) is 57.0 cm³/mol. The van der Waals surface area contributed by atoms with Crippen LogP contribution in [-0.2, 0) is 13.6 Å². The number of hydrogen-bond acceptors (Lipinski definition) is 2. The van der Waals surface area contributed by atoms with Gasteiger partial charge in [0.05, 0.1) is 12.2 Å². The third-order valence-corrected chi connectivity index (χ3v) is 2.19. The summed E-state index contributed by atoms with van der Waals surface area (Å²) in [6.07, 6.45) is 5.64. The van der Waals surface area contributed by atoms with Crippen molar-refractivity contribution in [3.63, 3.8) is 0 Å². The number of nitrogens with zero attached hydrogens (tertiary/aromatic N) is 2. The standard InChI is InChI=1S/C11H13N3/c1-14-7-3-5-11(14)9-13-10-4-2-6-12-8-10/h2-8,13H,9H2,1H3. The van der Waals surface area contributed by atoms with Gasteiger partial charge in [0, 0.05) is 31.3 Å². The highest BCUT2D eigenvalue weighted by molar-refractivity contribution is 5.40. The minimum absolute atomic E-state index is 0.829. The van der Waals surface area contributed by atoms with Crippen molar-refractivity contribution in [2.24, 2.45) is 7.05 Å². The second-order valence-corrected chi connectivity index (χ2v) is 3.21. The van der Waals surface area contributed by atoms with Crippen LogP contribution < -0.4 is 5.32 Å². The van der Waals surface area contributed by atoms with E-state index in [0.717, 1.165) is 12.2 Å². The molecule has 72 valence electrons. The van der Waals surface area contributed by atoms with E-state index in [1.165, 1.54) is 5.69 Å². The van der Waals surface area contributed by atoms with Crippen molar-refractivity contribution in [3.8, 4) is 0 Å². The maximum absolute atomic E-state index is 4.04. The molecule has 2 aromatic heterocycles. The molecule has 0 aliphatic rings.